The molecule has 2 atom stereocenters. The number of likely N-dealkylation sites (tertiary alicyclic amines) is 1. The lowest BCUT2D eigenvalue weighted by Crippen LogP contribution is -2.35. The van der Waals surface area contributed by atoms with Crippen LogP contribution in [0.5, 0.6) is 0 Å². The molecule has 150 valence electrons. The number of imide groups is 1. The number of nitrogens with zero attached hydrogens (tertiary/aromatic N) is 3. The number of allylic oxidation sites excluding steroid dienone is 2. The van der Waals surface area contributed by atoms with Crippen molar-refractivity contribution in [1.82, 2.24) is 19.8 Å². The van der Waals surface area contributed by atoms with Gasteiger partial charge in [-0.25, -0.2) is 4.98 Å². The minimum absolute atomic E-state index is 0.108. The van der Waals surface area contributed by atoms with Crippen molar-refractivity contribution < 1.29 is 14.4 Å². The maximum Gasteiger partial charge on any atom is 0.233 e. The molecular formula is C22H24N4O3. The molecule has 1 aromatic carbocycles. The zero-order valence-corrected chi connectivity index (χ0v) is 16.4. The average molecular weight is 392 g/mol. The van der Waals surface area contributed by atoms with Crippen molar-refractivity contribution in [3.63, 3.8) is 0 Å². The Morgan fingerprint density at radius 1 is 1.14 bits per heavy atom. The molecule has 1 aliphatic carbocycles. The van der Waals surface area contributed by atoms with E-state index in [2.05, 4.69) is 10.3 Å². The third kappa shape index (κ3) is 3.72. The van der Waals surface area contributed by atoms with Gasteiger partial charge in [0.25, 0.3) is 0 Å². The lowest BCUT2D eigenvalue weighted by Gasteiger charge is -2.15. The Kier molecular flexibility index (Phi) is 5.29. The fourth-order valence-corrected chi connectivity index (χ4v) is 4.11. The minimum Gasteiger partial charge on any atom is -0.352 e. The number of imidazole rings is 1. The highest BCUT2D eigenvalue weighted by Gasteiger charge is 2.46. The van der Waals surface area contributed by atoms with Gasteiger partial charge in [0.1, 0.15) is 5.82 Å². The molecule has 7 heteroatoms. The van der Waals surface area contributed by atoms with Crippen LogP contribution in [-0.4, -0.2) is 38.7 Å². The zero-order chi connectivity index (χ0) is 20.4. The Morgan fingerprint density at radius 3 is 2.48 bits per heavy atom. The summed E-state index contributed by atoms with van der Waals surface area (Å²) >= 11 is 0. The molecule has 7 nitrogen and oxygen atoms in total. The summed E-state index contributed by atoms with van der Waals surface area (Å²) in [7, 11) is 0. The largest absolute Gasteiger partial charge is 0.352 e. The number of carbonyl (C=O) groups is 3. The summed E-state index contributed by atoms with van der Waals surface area (Å²) in [6, 6.07) is 7.81. The molecule has 0 bridgehead atoms. The van der Waals surface area contributed by atoms with Gasteiger partial charge in [-0.05, 0) is 31.4 Å². The van der Waals surface area contributed by atoms with Crippen molar-refractivity contribution in [2.24, 2.45) is 11.8 Å². The van der Waals surface area contributed by atoms with Crippen molar-refractivity contribution in [2.45, 2.75) is 32.7 Å². The van der Waals surface area contributed by atoms with Crippen LogP contribution in [0, 0.1) is 18.8 Å². The van der Waals surface area contributed by atoms with E-state index in [1.807, 2.05) is 54.1 Å². The molecule has 1 aliphatic heterocycles. The molecule has 2 aliphatic rings. The number of carbonyl (C=O) groups excluding carboxylic acids is 3. The first-order valence-corrected chi connectivity index (χ1v) is 9.91. The van der Waals surface area contributed by atoms with Gasteiger partial charge in [0.05, 0.1) is 17.5 Å². The summed E-state index contributed by atoms with van der Waals surface area (Å²) in [5.74, 6) is -0.0978. The van der Waals surface area contributed by atoms with Crippen molar-refractivity contribution >= 4 is 17.7 Å². The number of hydrogen-bond acceptors (Lipinski definition) is 4. The van der Waals surface area contributed by atoms with Crippen molar-refractivity contribution in [3.05, 3.63) is 60.2 Å². The van der Waals surface area contributed by atoms with E-state index < -0.39 is 0 Å². The van der Waals surface area contributed by atoms with Gasteiger partial charge in [0, 0.05) is 31.9 Å². The number of amides is 3. The van der Waals surface area contributed by atoms with Gasteiger partial charge < -0.3 is 9.88 Å². The molecule has 1 fully saturated rings. The first-order valence-electron chi connectivity index (χ1n) is 9.91. The maximum absolute atomic E-state index is 12.5. The molecule has 0 radical (unpaired) electrons. The first-order chi connectivity index (χ1) is 14.1. The molecule has 1 saturated heterocycles. The maximum atomic E-state index is 12.5. The Bertz CT molecular complexity index is 952. The molecule has 29 heavy (non-hydrogen) atoms. The summed E-state index contributed by atoms with van der Waals surface area (Å²) in [5.41, 5.74) is 1.93. The van der Waals surface area contributed by atoms with Crippen LogP contribution in [-0.2, 0) is 20.9 Å². The number of rotatable bonds is 6. The molecule has 0 saturated carbocycles. The SMILES string of the molecule is Cc1nccn1-c1ccccc1CNC(=O)CCN1C(=O)[C@H]2CC=CC[C@H]2C1=O. The number of para-hydroxylation sites is 1. The van der Waals surface area contributed by atoms with E-state index in [-0.39, 0.29) is 42.5 Å². The lowest BCUT2D eigenvalue weighted by molar-refractivity contribution is -0.140. The zero-order valence-electron chi connectivity index (χ0n) is 16.4. The number of aromatic nitrogens is 2. The van der Waals surface area contributed by atoms with E-state index in [4.69, 9.17) is 0 Å². The van der Waals surface area contributed by atoms with Crippen LogP contribution in [0.15, 0.2) is 48.8 Å². The van der Waals surface area contributed by atoms with Crippen LogP contribution in [0.4, 0.5) is 0 Å². The lowest BCUT2D eigenvalue weighted by atomic mass is 9.85. The van der Waals surface area contributed by atoms with Crippen LogP contribution < -0.4 is 5.32 Å². The normalized spacial score (nSPS) is 20.8. The monoisotopic (exact) mass is 392 g/mol. The van der Waals surface area contributed by atoms with Gasteiger partial charge >= 0.3 is 0 Å². The second-order valence-electron chi connectivity index (χ2n) is 7.48. The smallest absolute Gasteiger partial charge is 0.233 e. The van der Waals surface area contributed by atoms with Crippen LogP contribution in [0.1, 0.15) is 30.7 Å². The van der Waals surface area contributed by atoms with Gasteiger partial charge in [-0.15, -0.1) is 0 Å². The molecule has 2 heterocycles. The highest BCUT2D eigenvalue weighted by atomic mass is 16.2. The van der Waals surface area contributed by atoms with Gasteiger partial charge in [-0.1, -0.05) is 30.4 Å². The van der Waals surface area contributed by atoms with Crippen molar-refractivity contribution in [2.75, 3.05) is 6.54 Å². The summed E-state index contributed by atoms with van der Waals surface area (Å²) in [5, 5.41) is 2.90. The summed E-state index contributed by atoms with van der Waals surface area (Å²) in [6.45, 7) is 2.43. The number of nitrogens with one attached hydrogen (secondary N) is 1. The van der Waals surface area contributed by atoms with E-state index in [0.29, 0.717) is 19.4 Å². The van der Waals surface area contributed by atoms with Gasteiger partial charge in [0.2, 0.25) is 17.7 Å². The quantitative estimate of drug-likeness (QED) is 0.603. The van der Waals surface area contributed by atoms with E-state index in [9.17, 15) is 14.4 Å². The number of benzene rings is 1. The standard InChI is InChI=1S/C22H24N4O3/c1-15-23-11-13-25(15)19-9-5-2-6-16(19)14-24-20(27)10-12-26-21(28)17-7-3-4-8-18(17)22(26)29/h2-6,9,11,13,17-18H,7-8,10,12,14H2,1H3,(H,24,27)/t17-,18+. The van der Waals surface area contributed by atoms with Crippen molar-refractivity contribution in [1.29, 1.82) is 0 Å². The molecule has 1 N–H and O–H groups in total. The Hall–Kier alpha value is -3.22. The van der Waals surface area contributed by atoms with Crippen LogP contribution in [0.3, 0.4) is 0 Å². The summed E-state index contributed by atoms with van der Waals surface area (Å²) in [6.07, 6.45) is 8.88. The third-order valence-corrected chi connectivity index (χ3v) is 5.71. The Balaban J connectivity index is 1.34. The van der Waals surface area contributed by atoms with Gasteiger partial charge in [0.15, 0.2) is 0 Å². The van der Waals surface area contributed by atoms with E-state index in [0.717, 1.165) is 17.1 Å². The second kappa shape index (κ2) is 8.03. The predicted molar refractivity (Wildman–Crippen MR) is 107 cm³/mol. The van der Waals surface area contributed by atoms with Crippen LogP contribution in [0.25, 0.3) is 5.69 Å². The highest BCUT2D eigenvalue weighted by Crippen LogP contribution is 2.34. The van der Waals surface area contributed by atoms with Crippen LogP contribution in [0.2, 0.25) is 0 Å². The molecule has 3 amide bonds. The topological polar surface area (TPSA) is 84.3 Å². The van der Waals surface area contributed by atoms with E-state index in [1.54, 1.807) is 6.20 Å². The Labute approximate surface area is 169 Å². The fraction of sp³-hybridized carbons (Fsp3) is 0.364. The second-order valence-corrected chi connectivity index (χ2v) is 7.48. The van der Waals surface area contributed by atoms with Crippen LogP contribution >= 0.6 is 0 Å². The number of hydrogen-bond donors (Lipinski definition) is 1. The van der Waals surface area contributed by atoms with E-state index in [1.165, 1.54) is 4.90 Å². The highest BCUT2D eigenvalue weighted by molar-refractivity contribution is 6.05. The third-order valence-electron chi connectivity index (χ3n) is 5.71. The van der Waals surface area contributed by atoms with E-state index >= 15 is 0 Å². The summed E-state index contributed by atoms with van der Waals surface area (Å²) in [4.78, 5) is 42.9. The predicted octanol–water partition coefficient (Wildman–Crippen LogP) is 2.14. The first kappa shape index (κ1) is 19.1. The fourth-order valence-electron chi connectivity index (χ4n) is 4.11. The molecule has 0 unspecified atom stereocenters. The van der Waals surface area contributed by atoms with Gasteiger partial charge in [-0.2, -0.15) is 0 Å². The average Bonchev–Trinajstić information content (AvgIpc) is 3.27. The molecule has 2 aromatic rings. The Morgan fingerprint density at radius 2 is 1.83 bits per heavy atom. The summed E-state index contributed by atoms with van der Waals surface area (Å²) < 4.78 is 1.97. The van der Waals surface area contributed by atoms with Gasteiger partial charge in [-0.3, -0.25) is 19.3 Å². The van der Waals surface area contributed by atoms with Crippen molar-refractivity contribution in [3.8, 4) is 5.69 Å². The molecular weight excluding hydrogens is 368 g/mol. The number of aryl methyl sites for hydroxylation is 1. The number of fused-ring (bicyclic) bond motifs is 1. The molecule has 1 aromatic heterocycles. The molecule has 4 rings (SSSR count). The molecule has 0 spiro atoms. The minimum atomic E-state index is -0.249.